The van der Waals surface area contributed by atoms with Crippen molar-refractivity contribution in [1.82, 2.24) is 0 Å². The Bertz CT molecular complexity index is 298. The van der Waals surface area contributed by atoms with E-state index in [1.807, 2.05) is 34.6 Å². The number of rotatable bonds is 11. The van der Waals surface area contributed by atoms with Crippen molar-refractivity contribution in [2.45, 2.75) is 52.5 Å². The summed E-state index contributed by atoms with van der Waals surface area (Å²) in [4.78, 5) is 18.9. The summed E-state index contributed by atoms with van der Waals surface area (Å²) in [5.74, 6) is 0. The van der Waals surface area contributed by atoms with Crippen molar-refractivity contribution in [1.29, 1.82) is 0 Å². The minimum Gasteiger partial charge on any atom is -0.373 e. The van der Waals surface area contributed by atoms with Gasteiger partial charge in [-0.3, -0.25) is 4.57 Å². The van der Waals surface area contributed by atoms with Crippen LogP contribution in [0.1, 0.15) is 47.5 Å². The second kappa shape index (κ2) is 8.63. The number of hydrogen-bond donors (Lipinski definition) is 2. The van der Waals surface area contributed by atoms with Crippen molar-refractivity contribution in [2.24, 2.45) is 0 Å². The van der Waals surface area contributed by atoms with E-state index in [4.69, 9.17) is 13.3 Å². The third-order valence-electron chi connectivity index (χ3n) is 3.51. The summed E-state index contributed by atoms with van der Waals surface area (Å²) < 4.78 is 29.1. The Morgan fingerprint density at radius 1 is 0.900 bits per heavy atom. The van der Waals surface area contributed by atoms with Crippen LogP contribution in [0.2, 0.25) is 5.04 Å². The second-order valence-electron chi connectivity index (χ2n) is 4.67. The maximum Gasteiger partial charge on any atom is 0.508 e. The molecule has 0 spiro atoms. The molecule has 0 bridgehead atoms. The van der Waals surface area contributed by atoms with Crippen LogP contribution in [-0.4, -0.2) is 44.6 Å². The highest BCUT2D eigenvalue weighted by molar-refractivity contribution is 7.52. The van der Waals surface area contributed by atoms with Gasteiger partial charge in [0.1, 0.15) is 0 Å². The molecule has 0 aromatic carbocycles. The average molecular weight is 328 g/mol. The van der Waals surface area contributed by atoms with Gasteiger partial charge in [-0.25, -0.2) is 0 Å². The zero-order chi connectivity index (χ0) is 15.9. The molecule has 0 aliphatic carbocycles. The molecule has 20 heavy (non-hydrogen) atoms. The van der Waals surface area contributed by atoms with E-state index >= 15 is 0 Å². The van der Waals surface area contributed by atoms with Crippen molar-refractivity contribution in [3.8, 4) is 0 Å². The first-order valence-corrected chi connectivity index (χ1v) is 10.7. The molecule has 0 amide bonds. The normalized spacial score (nSPS) is 13.8. The van der Waals surface area contributed by atoms with E-state index in [2.05, 4.69) is 0 Å². The lowest BCUT2D eigenvalue weighted by atomic mass is 10.1. The summed E-state index contributed by atoms with van der Waals surface area (Å²) >= 11 is 0. The lowest BCUT2D eigenvalue weighted by molar-refractivity contribution is 0.0430. The highest BCUT2D eigenvalue weighted by Gasteiger charge is 2.61. The van der Waals surface area contributed by atoms with E-state index in [0.717, 1.165) is 0 Å². The van der Waals surface area contributed by atoms with Crippen molar-refractivity contribution < 1.29 is 27.6 Å². The van der Waals surface area contributed by atoms with Crippen molar-refractivity contribution in [2.75, 3.05) is 26.0 Å². The monoisotopic (exact) mass is 328 g/mol. The lowest BCUT2D eigenvalue weighted by Crippen LogP contribution is -2.57. The van der Waals surface area contributed by atoms with Gasteiger partial charge in [-0.1, -0.05) is 13.8 Å². The fourth-order valence-corrected chi connectivity index (χ4v) is 8.36. The molecule has 0 aliphatic heterocycles. The first-order valence-electron chi connectivity index (χ1n) is 7.22. The molecule has 0 saturated carbocycles. The Hall–Kier alpha value is 0.247. The fourth-order valence-electron chi connectivity index (χ4n) is 2.55. The standard InChI is InChI=1S/C12H29O6PSi/c1-6-12(7-2,11-19(13,14)15)20(16-8-3,17-9-4)18-10-5/h6-11H2,1-5H3,(H2,13,14,15). The third-order valence-corrected chi connectivity index (χ3v) is 9.02. The SMILES string of the molecule is CCO[Si](OCC)(OCC)C(CC)(CC)CP(=O)(O)O. The Labute approximate surface area is 123 Å². The van der Waals surface area contributed by atoms with Crippen LogP contribution in [0, 0.1) is 0 Å². The molecule has 0 aromatic heterocycles. The predicted molar refractivity (Wildman–Crippen MR) is 80.8 cm³/mol. The minimum absolute atomic E-state index is 0.265. The van der Waals surface area contributed by atoms with E-state index in [1.54, 1.807) is 0 Å². The molecule has 0 aromatic rings. The highest BCUT2D eigenvalue weighted by atomic mass is 31.2. The molecule has 0 saturated heterocycles. The highest BCUT2D eigenvalue weighted by Crippen LogP contribution is 2.55. The molecule has 0 fully saturated rings. The first-order chi connectivity index (χ1) is 9.26. The van der Waals surface area contributed by atoms with E-state index in [-0.39, 0.29) is 6.16 Å². The lowest BCUT2D eigenvalue weighted by Gasteiger charge is -2.44. The van der Waals surface area contributed by atoms with E-state index < -0.39 is 21.4 Å². The van der Waals surface area contributed by atoms with Gasteiger partial charge >= 0.3 is 16.4 Å². The summed E-state index contributed by atoms with van der Waals surface area (Å²) in [6, 6.07) is 0. The van der Waals surface area contributed by atoms with Crippen molar-refractivity contribution in [3.05, 3.63) is 0 Å². The fraction of sp³-hybridized carbons (Fsp3) is 1.00. The summed E-state index contributed by atoms with van der Waals surface area (Å²) in [7, 11) is -7.37. The van der Waals surface area contributed by atoms with Gasteiger partial charge in [0.2, 0.25) is 0 Å². The van der Waals surface area contributed by atoms with Gasteiger partial charge < -0.3 is 23.1 Å². The Balaban J connectivity index is 5.76. The second-order valence-corrected chi connectivity index (χ2v) is 9.35. The van der Waals surface area contributed by atoms with Crippen LogP contribution in [0.5, 0.6) is 0 Å². The van der Waals surface area contributed by atoms with Crippen molar-refractivity contribution in [3.63, 3.8) is 0 Å². The molecular formula is C12H29O6PSi. The zero-order valence-electron chi connectivity index (χ0n) is 13.2. The molecule has 6 nitrogen and oxygen atoms in total. The van der Waals surface area contributed by atoms with Gasteiger partial charge in [-0.2, -0.15) is 0 Å². The predicted octanol–water partition coefficient (Wildman–Crippen LogP) is 2.77. The van der Waals surface area contributed by atoms with Gasteiger partial charge in [-0.15, -0.1) is 0 Å². The van der Waals surface area contributed by atoms with Crippen molar-refractivity contribution >= 4 is 16.4 Å². The van der Waals surface area contributed by atoms with Crippen LogP contribution in [0.4, 0.5) is 0 Å². The molecular weight excluding hydrogens is 299 g/mol. The topological polar surface area (TPSA) is 85.2 Å². The average Bonchev–Trinajstić information content (AvgIpc) is 2.35. The summed E-state index contributed by atoms with van der Waals surface area (Å²) in [5, 5.41) is -0.756. The van der Waals surface area contributed by atoms with Crippen LogP contribution in [-0.2, 0) is 17.8 Å². The van der Waals surface area contributed by atoms with Gasteiger partial charge in [0.25, 0.3) is 0 Å². The van der Waals surface area contributed by atoms with Crippen LogP contribution < -0.4 is 0 Å². The molecule has 0 atom stereocenters. The van der Waals surface area contributed by atoms with Crippen LogP contribution in [0.25, 0.3) is 0 Å². The maximum absolute atomic E-state index is 11.6. The molecule has 122 valence electrons. The Morgan fingerprint density at radius 3 is 1.45 bits per heavy atom. The van der Waals surface area contributed by atoms with Crippen LogP contribution in [0.3, 0.4) is 0 Å². The number of hydrogen-bond acceptors (Lipinski definition) is 4. The van der Waals surface area contributed by atoms with E-state index in [9.17, 15) is 14.4 Å². The molecule has 0 heterocycles. The quantitative estimate of drug-likeness (QED) is 0.448. The van der Waals surface area contributed by atoms with Gasteiger partial charge in [-0.05, 0) is 33.6 Å². The summed E-state index contributed by atoms with van der Waals surface area (Å²) in [6.45, 7) is 10.5. The summed E-state index contributed by atoms with van der Waals surface area (Å²) in [6.07, 6.45) is 0.820. The molecule has 0 aliphatic rings. The Morgan fingerprint density at radius 2 is 1.25 bits per heavy atom. The van der Waals surface area contributed by atoms with Crippen LogP contribution >= 0.6 is 7.60 Å². The van der Waals surface area contributed by atoms with Gasteiger partial charge in [0.05, 0.1) is 11.2 Å². The minimum atomic E-state index is -4.19. The third kappa shape index (κ3) is 4.91. The van der Waals surface area contributed by atoms with Gasteiger partial charge in [0.15, 0.2) is 0 Å². The zero-order valence-corrected chi connectivity index (χ0v) is 15.1. The van der Waals surface area contributed by atoms with Gasteiger partial charge in [0, 0.05) is 19.8 Å². The molecule has 8 heteroatoms. The van der Waals surface area contributed by atoms with Crippen LogP contribution in [0.15, 0.2) is 0 Å². The molecule has 0 unspecified atom stereocenters. The van der Waals surface area contributed by atoms with E-state index in [1.165, 1.54) is 0 Å². The Kier molecular flexibility index (Phi) is 8.74. The molecule has 0 radical (unpaired) electrons. The smallest absolute Gasteiger partial charge is 0.373 e. The largest absolute Gasteiger partial charge is 0.508 e. The maximum atomic E-state index is 11.6. The molecule has 0 rings (SSSR count). The first kappa shape index (κ1) is 20.2. The summed E-state index contributed by atoms with van der Waals surface area (Å²) in [5.41, 5.74) is 0. The van der Waals surface area contributed by atoms with E-state index in [0.29, 0.717) is 32.7 Å². The molecule has 2 N–H and O–H groups in total.